The predicted molar refractivity (Wildman–Crippen MR) is 142 cm³/mol. The molecule has 1 saturated heterocycles. The van der Waals surface area contributed by atoms with Crippen LogP contribution < -0.4 is 4.90 Å². The zero-order chi connectivity index (χ0) is 23.1. The van der Waals surface area contributed by atoms with Crippen LogP contribution in [0.25, 0.3) is 0 Å². The average molecular weight is 519 g/mol. The van der Waals surface area contributed by atoms with E-state index in [9.17, 15) is 4.79 Å². The summed E-state index contributed by atoms with van der Waals surface area (Å²) in [5, 5.41) is 3.11. The van der Waals surface area contributed by atoms with Crippen molar-refractivity contribution < 1.29 is 4.79 Å². The Morgan fingerprint density at radius 2 is 1.85 bits per heavy atom. The fraction of sp³-hybridized carbons (Fsp3) is 0.360. The topological polar surface area (TPSA) is 35.9 Å². The molecule has 3 aliphatic rings. The van der Waals surface area contributed by atoms with E-state index >= 15 is 0 Å². The Bertz CT molecular complexity index is 1170. The third kappa shape index (κ3) is 4.43. The number of aliphatic imine (C=N–C) groups is 1. The lowest BCUT2D eigenvalue weighted by Gasteiger charge is -2.30. The molecule has 2 aromatic carbocycles. The molecule has 2 heterocycles. The van der Waals surface area contributed by atoms with Crippen LogP contribution in [0.1, 0.15) is 44.6 Å². The highest BCUT2D eigenvalue weighted by Crippen LogP contribution is 2.52. The van der Waals surface area contributed by atoms with Crippen LogP contribution in [0.3, 0.4) is 0 Å². The van der Waals surface area contributed by atoms with Crippen LogP contribution in [-0.4, -0.2) is 28.6 Å². The first-order valence-electron chi connectivity index (χ1n) is 11.3. The molecule has 0 N–H and O–H groups in total. The van der Waals surface area contributed by atoms with Gasteiger partial charge >= 0.3 is 0 Å². The lowest BCUT2D eigenvalue weighted by Crippen LogP contribution is -2.40. The number of nitrogens with zero attached hydrogens (tertiary/aromatic N) is 3. The second kappa shape index (κ2) is 9.57. The van der Waals surface area contributed by atoms with Crippen LogP contribution >= 0.6 is 46.7 Å². The van der Waals surface area contributed by atoms with Gasteiger partial charge in [-0.2, -0.15) is 0 Å². The maximum Gasteiger partial charge on any atom is 0.269 e. The number of amides is 1. The number of thioether (sulfide) groups is 2. The molecular formula is C25H25Cl2N3OS2. The van der Waals surface area contributed by atoms with Gasteiger partial charge in [0.05, 0.1) is 11.4 Å². The van der Waals surface area contributed by atoms with Crippen LogP contribution in [0, 0.1) is 6.92 Å². The van der Waals surface area contributed by atoms with E-state index < -0.39 is 0 Å². The van der Waals surface area contributed by atoms with Crippen molar-refractivity contribution in [1.29, 1.82) is 0 Å². The molecule has 4 nitrogen and oxygen atoms in total. The van der Waals surface area contributed by atoms with Crippen molar-refractivity contribution in [3.8, 4) is 0 Å². The van der Waals surface area contributed by atoms with Crippen molar-refractivity contribution >= 4 is 69.2 Å². The van der Waals surface area contributed by atoms with Crippen LogP contribution in [0.4, 0.5) is 11.4 Å². The van der Waals surface area contributed by atoms with E-state index in [1.54, 1.807) is 11.8 Å². The SMILES string of the molecule is CCN1C(=C2SC(=Nc3ccc(C)c(Cl)c3)N(C3CCCCC3)C2=O)Sc2ccc(Cl)cc21. The van der Waals surface area contributed by atoms with Crippen molar-refractivity contribution in [2.45, 2.75) is 56.9 Å². The monoisotopic (exact) mass is 517 g/mol. The molecule has 5 rings (SSSR count). The average Bonchev–Trinajstić information content (AvgIpc) is 3.33. The summed E-state index contributed by atoms with van der Waals surface area (Å²) < 4.78 is 0. The number of halogens is 2. The summed E-state index contributed by atoms with van der Waals surface area (Å²) in [6.45, 7) is 4.84. The second-order valence-corrected chi connectivity index (χ2v) is 11.3. The molecule has 172 valence electrons. The number of benzene rings is 2. The molecule has 1 saturated carbocycles. The van der Waals surface area contributed by atoms with Gasteiger partial charge in [-0.15, -0.1) is 0 Å². The second-order valence-electron chi connectivity index (χ2n) is 8.49. The Labute approximate surface area is 213 Å². The third-order valence-electron chi connectivity index (χ3n) is 6.31. The van der Waals surface area contributed by atoms with Gasteiger partial charge in [-0.25, -0.2) is 4.99 Å². The molecule has 0 bridgehead atoms. The van der Waals surface area contributed by atoms with E-state index in [4.69, 9.17) is 28.2 Å². The van der Waals surface area contributed by atoms with Crippen LogP contribution in [0.5, 0.6) is 0 Å². The van der Waals surface area contributed by atoms with Gasteiger partial charge in [0.25, 0.3) is 5.91 Å². The molecule has 2 fully saturated rings. The Morgan fingerprint density at radius 1 is 1.06 bits per heavy atom. The quantitative estimate of drug-likeness (QED) is 0.386. The van der Waals surface area contributed by atoms with Crippen molar-refractivity contribution in [3.05, 3.63) is 61.9 Å². The highest BCUT2D eigenvalue weighted by atomic mass is 35.5. The molecule has 33 heavy (non-hydrogen) atoms. The summed E-state index contributed by atoms with van der Waals surface area (Å²) >= 11 is 15.8. The molecule has 0 atom stereocenters. The van der Waals surface area contributed by atoms with Gasteiger partial charge in [-0.3, -0.25) is 9.69 Å². The smallest absolute Gasteiger partial charge is 0.269 e. The summed E-state index contributed by atoms with van der Waals surface area (Å²) in [4.78, 5) is 24.8. The Kier molecular flexibility index (Phi) is 6.72. The number of carbonyl (C=O) groups excluding carboxylic acids is 1. The fourth-order valence-electron chi connectivity index (χ4n) is 4.55. The molecule has 0 unspecified atom stereocenters. The summed E-state index contributed by atoms with van der Waals surface area (Å²) in [7, 11) is 0. The van der Waals surface area contributed by atoms with Gasteiger partial charge in [-0.05, 0) is 74.3 Å². The first-order chi connectivity index (χ1) is 16.0. The molecular weight excluding hydrogens is 493 g/mol. The van der Waals surface area contributed by atoms with Crippen LogP contribution in [-0.2, 0) is 4.79 Å². The van der Waals surface area contributed by atoms with Gasteiger partial charge in [-0.1, -0.05) is 60.3 Å². The first kappa shape index (κ1) is 23.2. The summed E-state index contributed by atoms with van der Waals surface area (Å²) in [5.74, 6) is 0.0590. The Balaban J connectivity index is 1.58. The predicted octanol–water partition coefficient (Wildman–Crippen LogP) is 8.00. The highest BCUT2D eigenvalue weighted by molar-refractivity contribution is 8.19. The van der Waals surface area contributed by atoms with Gasteiger partial charge in [0.2, 0.25) is 0 Å². The van der Waals surface area contributed by atoms with E-state index in [1.807, 2.05) is 48.2 Å². The Hall–Kier alpha value is -1.60. The zero-order valence-corrected chi connectivity index (χ0v) is 21.8. The molecule has 0 radical (unpaired) electrons. The lowest BCUT2D eigenvalue weighted by molar-refractivity contribution is -0.124. The fourth-order valence-corrected chi connectivity index (χ4v) is 7.33. The summed E-state index contributed by atoms with van der Waals surface area (Å²) in [6.07, 6.45) is 5.56. The number of anilines is 1. The number of aryl methyl sites for hydroxylation is 1. The minimum absolute atomic E-state index is 0.0590. The van der Waals surface area contributed by atoms with Crippen LogP contribution in [0.15, 0.2) is 56.2 Å². The van der Waals surface area contributed by atoms with Crippen molar-refractivity contribution in [2.24, 2.45) is 4.99 Å². The van der Waals surface area contributed by atoms with Gasteiger partial charge in [0.1, 0.15) is 9.93 Å². The van der Waals surface area contributed by atoms with E-state index in [0.29, 0.717) is 10.0 Å². The number of fused-ring (bicyclic) bond motifs is 1. The number of amidine groups is 1. The van der Waals surface area contributed by atoms with E-state index in [-0.39, 0.29) is 11.9 Å². The molecule has 2 aromatic rings. The molecule has 1 amide bonds. The summed E-state index contributed by atoms with van der Waals surface area (Å²) in [6, 6.07) is 11.9. The van der Waals surface area contributed by atoms with E-state index in [2.05, 4.69) is 11.8 Å². The summed E-state index contributed by atoms with van der Waals surface area (Å²) in [5.41, 5.74) is 2.85. The standard InChI is InChI=1S/C25H25Cl2N3OS2/c1-3-29-20-13-16(26)10-12-21(20)32-24(29)22-23(31)30(18-7-5-4-6-8-18)25(33-22)28-17-11-9-15(2)19(27)14-17/h9-14,18H,3-8H2,1-2H3. The van der Waals surface area contributed by atoms with Crippen LogP contribution in [0.2, 0.25) is 10.0 Å². The van der Waals surface area contributed by atoms with Gasteiger partial charge < -0.3 is 4.90 Å². The van der Waals surface area contributed by atoms with Crippen molar-refractivity contribution in [3.63, 3.8) is 0 Å². The first-order valence-corrected chi connectivity index (χ1v) is 13.7. The van der Waals surface area contributed by atoms with Gasteiger partial charge in [0, 0.05) is 27.5 Å². The molecule has 1 aliphatic carbocycles. The third-order valence-corrected chi connectivity index (χ3v) is 9.30. The number of hydrogen-bond acceptors (Lipinski definition) is 5. The maximum absolute atomic E-state index is 13.9. The molecule has 2 aliphatic heterocycles. The minimum atomic E-state index is 0.0590. The molecule has 0 aromatic heterocycles. The largest absolute Gasteiger partial charge is 0.334 e. The zero-order valence-electron chi connectivity index (χ0n) is 18.6. The maximum atomic E-state index is 13.9. The normalized spacial score (nSPS) is 22.5. The number of rotatable bonds is 3. The Morgan fingerprint density at radius 3 is 2.58 bits per heavy atom. The number of hydrogen-bond donors (Lipinski definition) is 0. The lowest BCUT2D eigenvalue weighted by atomic mass is 9.94. The highest BCUT2D eigenvalue weighted by Gasteiger charge is 2.43. The minimum Gasteiger partial charge on any atom is -0.334 e. The van der Waals surface area contributed by atoms with Crippen molar-refractivity contribution in [1.82, 2.24) is 4.90 Å². The van der Waals surface area contributed by atoms with E-state index in [1.165, 1.54) is 18.2 Å². The molecule has 0 spiro atoms. The van der Waals surface area contributed by atoms with Gasteiger partial charge in [0.15, 0.2) is 5.17 Å². The molecule has 8 heteroatoms. The van der Waals surface area contributed by atoms with E-state index in [0.717, 1.165) is 69.2 Å². The number of carbonyl (C=O) groups is 1. The van der Waals surface area contributed by atoms with Crippen molar-refractivity contribution in [2.75, 3.05) is 11.4 Å².